The summed E-state index contributed by atoms with van der Waals surface area (Å²) in [5.41, 5.74) is 6.28. The number of hydrogen-bond acceptors (Lipinski definition) is 1. The molecule has 80 valence electrons. The molecule has 1 atom stereocenters. The lowest BCUT2D eigenvalue weighted by atomic mass is 10.1. The van der Waals surface area contributed by atoms with E-state index in [1.54, 1.807) is 0 Å². The van der Waals surface area contributed by atoms with E-state index < -0.39 is 0 Å². The third-order valence-corrected chi connectivity index (χ3v) is 3.09. The monoisotopic (exact) mass is 201 g/mol. The van der Waals surface area contributed by atoms with Gasteiger partial charge in [0, 0.05) is 10.2 Å². The lowest BCUT2D eigenvalue weighted by molar-refractivity contribution is 0.561. The van der Waals surface area contributed by atoms with Crippen LogP contribution >= 0.6 is 0 Å². The highest BCUT2D eigenvalue weighted by Gasteiger charge is 1.94. The predicted molar refractivity (Wildman–Crippen MR) is 65.1 cm³/mol. The lowest BCUT2D eigenvalue weighted by Crippen LogP contribution is -2.18. The summed E-state index contributed by atoms with van der Waals surface area (Å²) in [6.07, 6.45) is 12.6. The molecule has 0 aliphatic carbocycles. The number of unbranched alkanes of at least 4 members (excludes halogenated alkanes) is 7. The van der Waals surface area contributed by atoms with Gasteiger partial charge in [0.25, 0.3) is 0 Å². The Balaban J connectivity index is 2.84. The Kier molecular flexibility index (Phi) is 10.4. The van der Waals surface area contributed by atoms with Gasteiger partial charge in [-0.15, -0.1) is 0 Å². The predicted octanol–water partition coefficient (Wildman–Crippen LogP) is 2.17. The molecular weight excluding hydrogens is 174 g/mol. The van der Waals surface area contributed by atoms with E-state index in [0.717, 1.165) is 0 Å². The summed E-state index contributed by atoms with van der Waals surface area (Å²) in [5.74, 6) is 0. The minimum Gasteiger partial charge on any atom is -0.331 e. The van der Waals surface area contributed by atoms with E-state index in [9.17, 15) is 0 Å². The fourth-order valence-corrected chi connectivity index (χ4v) is 2.01. The summed E-state index contributed by atoms with van der Waals surface area (Å²) in [4.78, 5) is 0. The molecule has 0 aromatic rings. The fourth-order valence-electron chi connectivity index (χ4n) is 1.60. The zero-order chi connectivity index (χ0) is 9.94. The molecule has 0 aliphatic heterocycles. The van der Waals surface area contributed by atoms with Crippen LogP contribution in [0.5, 0.6) is 0 Å². The molecule has 0 aliphatic rings. The smallest absolute Gasteiger partial charge is 0.0238 e. The molecule has 0 radical (unpaired) electrons. The maximum Gasteiger partial charge on any atom is 0.0238 e. The molecule has 2 N–H and O–H groups in total. The van der Waals surface area contributed by atoms with Crippen LogP contribution in [0.3, 0.4) is 0 Å². The summed E-state index contributed by atoms with van der Waals surface area (Å²) in [7, 11) is 1.17. The van der Waals surface area contributed by atoms with Gasteiger partial charge in [0.15, 0.2) is 0 Å². The number of hydrogen-bond donors (Lipinski definition) is 1. The van der Waals surface area contributed by atoms with Crippen molar-refractivity contribution in [2.45, 2.75) is 70.4 Å². The van der Waals surface area contributed by atoms with Crippen molar-refractivity contribution < 1.29 is 0 Å². The molecule has 2 heteroatoms. The van der Waals surface area contributed by atoms with Crippen LogP contribution in [0.4, 0.5) is 0 Å². The van der Waals surface area contributed by atoms with Gasteiger partial charge < -0.3 is 5.73 Å². The molecule has 13 heavy (non-hydrogen) atoms. The van der Waals surface area contributed by atoms with Gasteiger partial charge in [-0.1, -0.05) is 58.3 Å². The number of rotatable bonds is 9. The fraction of sp³-hybridized carbons (Fsp3) is 1.00. The van der Waals surface area contributed by atoms with Gasteiger partial charge in [-0.25, -0.2) is 0 Å². The molecular formula is C11H27NSi. The summed E-state index contributed by atoms with van der Waals surface area (Å²) in [6, 6.07) is 0. The van der Waals surface area contributed by atoms with Crippen LogP contribution in [0.2, 0.25) is 0 Å². The standard InChI is InChI=1S/C11H27NSi/c1-2-3-4-5-6-7-8-9-10-11(12)13/h11H,2-10,12H2,1,13H3. The highest BCUT2D eigenvalue weighted by molar-refractivity contribution is 6.11. The van der Waals surface area contributed by atoms with Gasteiger partial charge >= 0.3 is 0 Å². The Morgan fingerprint density at radius 3 is 1.85 bits per heavy atom. The van der Waals surface area contributed by atoms with Gasteiger partial charge in [0.1, 0.15) is 0 Å². The van der Waals surface area contributed by atoms with E-state index in [1.807, 2.05) is 0 Å². The van der Waals surface area contributed by atoms with E-state index in [4.69, 9.17) is 5.73 Å². The second kappa shape index (κ2) is 10.3. The summed E-state index contributed by atoms with van der Waals surface area (Å²) >= 11 is 0. The van der Waals surface area contributed by atoms with Gasteiger partial charge in [-0.3, -0.25) is 0 Å². The van der Waals surface area contributed by atoms with Crippen molar-refractivity contribution in [1.82, 2.24) is 0 Å². The van der Waals surface area contributed by atoms with Crippen molar-refractivity contribution in [2.75, 3.05) is 0 Å². The lowest BCUT2D eigenvalue weighted by Gasteiger charge is -2.04. The van der Waals surface area contributed by atoms with Crippen molar-refractivity contribution in [1.29, 1.82) is 0 Å². The van der Waals surface area contributed by atoms with Crippen molar-refractivity contribution in [2.24, 2.45) is 5.73 Å². The summed E-state index contributed by atoms with van der Waals surface area (Å²) in [6.45, 7) is 2.27. The SMILES string of the molecule is CCCCCCCCCCC(N)[SiH3]. The topological polar surface area (TPSA) is 26.0 Å². The Labute approximate surface area is 86.9 Å². The van der Waals surface area contributed by atoms with Gasteiger partial charge in [0.05, 0.1) is 0 Å². The molecule has 0 aromatic carbocycles. The van der Waals surface area contributed by atoms with E-state index in [-0.39, 0.29) is 0 Å². The van der Waals surface area contributed by atoms with E-state index in [1.165, 1.54) is 68.0 Å². The van der Waals surface area contributed by atoms with Crippen molar-refractivity contribution in [3.63, 3.8) is 0 Å². The first-order valence-electron chi connectivity index (χ1n) is 6.03. The Hall–Kier alpha value is 0.177. The van der Waals surface area contributed by atoms with Gasteiger partial charge in [-0.05, 0) is 12.1 Å². The highest BCUT2D eigenvalue weighted by Crippen LogP contribution is 2.09. The van der Waals surface area contributed by atoms with Crippen LogP contribution in [0.25, 0.3) is 0 Å². The third kappa shape index (κ3) is 12.2. The third-order valence-electron chi connectivity index (χ3n) is 2.51. The molecule has 0 saturated heterocycles. The minimum absolute atomic E-state index is 0.542. The van der Waals surface area contributed by atoms with E-state index >= 15 is 0 Å². The average molecular weight is 201 g/mol. The average Bonchev–Trinajstić information content (AvgIpc) is 2.09. The molecule has 1 nitrogen and oxygen atoms in total. The summed E-state index contributed by atoms with van der Waals surface area (Å²) in [5, 5.41) is 0. The molecule has 0 bridgehead atoms. The first-order valence-corrected chi connectivity index (χ1v) is 7.18. The Morgan fingerprint density at radius 1 is 0.923 bits per heavy atom. The van der Waals surface area contributed by atoms with Crippen LogP contribution in [0.1, 0.15) is 64.7 Å². The normalized spacial score (nSPS) is 13.4. The number of nitrogens with two attached hydrogens (primary N) is 1. The van der Waals surface area contributed by atoms with Crippen molar-refractivity contribution in [3.8, 4) is 0 Å². The van der Waals surface area contributed by atoms with Crippen LogP contribution in [0, 0.1) is 0 Å². The zero-order valence-electron chi connectivity index (χ0n) is 9.52. The van der Waals surface area contributed by atoms with Crippen LogP contribution in [-0.4, -0.2) is 15.9 Å². The van der Waals surface area contributed by atoms with Gasteiger partial charge in [-0.2, -0.15) is 0 Å². The Morgan fingerprint density at radius 2 is 1.38 bits per heavy atom. The van der Waals surface area contributed by atoms with Crippen molar-refractivity contribution in [3.05, 3.63) is 0 Å². The van der Waals surface area contributed by atoms with Crippen LogP contribution in [0.15, 0.2) is 0 Å². The van der Waals surface area contributed by atoms with Crippen LogP contribution in [-0.2, 0) is 0 Å². The molecule has 0 rings (SSSR count). The molecule has 0 aromatic heterocycles. The molecule has 0 saturated carbocycles. The van der Waals surface area contributed by atoms with Crippen molar-refractivity contribution >= 4 is 10.2 Å². The first kappa shape index (κ1) is 13.2. The molecule has 0 heterocycles. The second-order valence-electron chi connectivity index (χ2n) is 4.24. The maximum absolute atomic E-state index is 5.73. The van der Waals surface area contributed by atoms with Crippen LogP contribution < -0.4 is 5.73 Å². The minimum atomic E-state index is 0.542. The van der Waals surface area contributed by atoms with Gasteiger partial charge in [0.2, 0.25) is 0 Å². The second-order valence-corrected chi connectivity index (χ2v) is 5.72. The maximum atomic E-state index is 5.73. The molecule has 0 spiro atoms. The van der Waals surface area contributed by atoms with E-state index in [2.05, 4.69) is 6.92 Å². The summed E-state index contributed by atoms with van der Waals surface area (Å²) < 4.78 is 0. The van der Waals surface area contributed by atoms with E-state index in [0.29, 0.717) is 5.67 Å². The molecule has 0 amide bonds. The largest absolute Gasteiger partial charge is 0.331 e. The zero-order valence-corrected chi connectivity index (χ0v) is 11.5. The highest BCUT2D eigenvalue weighted by atomic mass is 28.1. The quantitative estimate of drug-likeness (QED) is 0.449. The Bertz CT molecular complexity index is 94.1. The molecule has 0 fully saturated rings. The molecule has 1 unspecified atom stereocenters. The first-order chi connectivity index (χ1) is 6.27.